The predicted molar refractivity (Wildman–Crippen MR) is 182 cm³/mol. The molecular weight excluding hydrogens is 552 g/mol. The summed E-state index contributed by atoms with van der Waals surface area (Å²) in [4.78, 5) is 38.1. The molecule has 2 aliphatic rings. The summed E-state index contributed by atoms with van der Waals surface area (Å²) in [5, 5.41) is 14.9. The standard InChI is InChI=1S/C16H24N2O4.C7H14.C7H8.C6H16N2/c1-2-4-14(18-15(21)5-3-10-19)16(22)17-11-13(20)9-8-12-6-7-12;2*1-7-5-3-2-4-6-7;1-7(2)5-6-8(3)4/h1,10,12-14,20H,3-9,11H2,(H,17,22)(H,18,21);7H,2-6H2,1H3;2-6H,1H3;5-6H2,1-4H3/t13-,14-;;;/m0.../s1. The van der Waals surface area contributed by atoms with Gasteiger partial charge in [-0.3, -0.25) is 9.59 Å². The molecule has 2 amide bonds. The summed E-state index contributed by atoms with van der Waals surface area (Å²) in [5.41, 5.74) is 1.32. The largest absolute Gasteiger partial charge is 0.391 e. The van der Waals surface area contributed by atoms with Crippen LogP contribution in [-0.4, -0.2) is 93.0 Å². The fraction of sp³-hybridized carbons (Fsp3) is 0.694. The summed E-state index contributed by atoms with van der Waals surface area (Å²) in [6.45, 7) is 6.88. The quantitative estimate of drug-likeness (QED) is 0.205. The average Bonchev–Trinajstić information content (AvgIpc) is 3.83. The minimum Gasteiger partial charge on any atom is -0.391 e. The number of likely N-dealkylation sites (N-methyl/N-ethyl adjacent to an activating group) is 2. The lowest BCUT2D eigenvalue weighted by atomic mass is 9.91. The minimum atomic E-state index is -0.834. The van der Waals surface area contributed by atoms with Gasteiger partial charge in [-0.05, 0) is 59.8 Å². The van der Waals surface area contributed by atoms with Crippen LogP contribution in [0.4, 0.5) is 0 Å². The number of aryl methyl sites for hydroxylation is 1. The number of hydrogen-bond acceptors (Lipinski definition) is 6. The molecule has 2 atom stereocenters. The molecule has 8 nitrogen and oxygen atoms in total. The third-order valence-corrected chi connectivity index (χ3v) is 7.41. The van der Waals surface area contributed by atoms with Crippen LogP contribution in [0.5, 0.6) is 0 Å². The number of terminal acetylenes is 1. The molecule has 0 aliphatic heterocycles. The number of aldehydes is 1. The molecule has 0 saturated heterocycles. The molecule has 0 radical (unpaired) electrons. The predicted octanol–water partition coefficient (Wildman–Crippen LogP) is 4.83. The zero-order valence-electron chi connectivity index (χ0n) is 28.5. The van der Waals surface area contributed by atoms with E-state index in [-0.39, 0.29) is 25.8 Å². The average molecular weight is 615 g/mol. The maximum atomic E-state index is 12.0. The number of aliphatic hydroxyl groups excluding tert-OH is 1. The molecule has 0 unspecified atom stereocenters. The second-order valence-corrected chi connectivity index (χ2v) is 12.7. The number of hydrogen-bond donors (Lipinski definition) is 3. The monoisotopic (exact) mass is 614 g/mol. The smallest absolute Gasteiger partial charge is 0.243 e. The number of aliphatic hydroxyl groups is 1. The molecule has 1 aromatic rings. The van der Waals surface area contributed by atoms with E-state index in [0.717, 1.165) is 31.3 Å². The molecule has 250 valence electrons. The molecule has 2 aliphatic carbocycles. The van der Waals surface area contributed by atoms with E-state index in [4.69, 9.17) is 6.42 Å². The summed E-state index contributed by atoms with van der Waals surface area (Å²) >= 11 is 0. The molecule has 3 N–H and O–H groups in total. The molecular formula is C36H62N4O4. The molecule has 2 saturated carbocycles. The summed E-state index contributed by atoms with van der Waals surface area (Å²) < 4.78 is 0. The van der Waals surface area contributed by atoms with E-state index in [2.05, 4.69) is 80.5 Å². The molecule has 0 aromatic heterocycles. The van der Waals surface area contributed by atoms with Crippen molar-refractivity contribution < 1.29 is 19.5 Å². The van der Waals surface area contributed by atoms with Crippen LogP contribution in [-0.2, 0) is 14.4 Å². The number of nitrogens with one attached hydrogen (secondary N) is 2. The molecule has 1 aromatic carbocycles. The Morgan fingerprint density at radius 1 is 1.02 bits per heavy atom. The molecule has 2 fully saturated rings. The molecule has 8 heteroatoms. The van der Waals surface area contributed by atoms with Crippen molar-refractivity contribution in [3.05, 3.63) is 35.9 Å². The number of amides is 2. The van der Waals surface area contributed by atoms with Gasteiger partial charge in [-0.15, -0.1) is 12.3 Å². The van der Waals surface area contributed by atoms with Crippen molar-refractivity contribution in [1.82, 2.24) is 20.4 Å². The van der Waals surface area contributed by atoms with Crippen LogP contribution in [0, 0.1) is 31.1 Å². The first-order valence-electron chi connectivity index (χ1n) is 16.4. The van der Waals surface area contributed by atoms with Crippen molar-refractivity contribution in [2.75, 3.05) is 47.8 Å². The van der Waals surface area contributed by atoms with E-state index in [1.165, 1.54) is 50.5 Å². The lowest BCUT2D eigenvalue weighted by molar-refractivity contribution is -0.129. The third kappa shape index (κ3) is 26.9. The highest BCUT2D eigenvalue weighted by atomic mass is 16.3. The maximum Gasteiger partial charge on any atom is 0.243 e. The van der Waals surface area contributed by atoms with E-state index in [1.54, 1.807) is 0 Å². The van der Waals surface area contributed by atoms with E-state index in [0.29, 0.717) is 12.7 Å². The van der Waals surface area contributed by atoms with Gasteiger partial charge in [-0.25, -0.2) is 0 Å². The van der Waals surface area contributed by atoms with Crippen LogP contribution in [0.25, 0.3) is 0 Å². The first kappa shape index (κ1) is 41.3. The Morgan fingerprint density at radius 2 is 1.61 bits per heavy atom. The van der Waals surface area contributed by atoms with Crippen LogP contribution >= 0.6 is 0 Å². The Labute approximate surface area is 268 Å². The van der Waals surface area contributed by atoms with E-state index in [1.807, 2.05) is 18.2 Å². The van der Waals surface area contributed by atoms with Crippen molar-refractivity contribution in [2.45, 2.75) is 103 Å². The van der Waals surface area contributed by atoms with Gasteiger partial charge in [0, 0.05) is 38.9 Å². The van der Waals surface area contributed by atoms with Gasteiger partial charge in [0.15, 0.2) is 0 Å². The lowest BCUT2D eigenvalue weighted by Gasteiger charge is -2.18. The molecule has 44 heavy (non-hydrogen) atoms. The third-order valence-electron chi connectivity index (χ3n) is 7.41. The number of rotatable bonds is 14. The van der Waals surface area contributed by atoms with Gasteiger partial charge in [0.25, 0.3) is 0 Å². The van der Waals surface area contributed by atoms with Gasteiger partial charge in [-0.2, -0.15) is 0 Å². The summed E-state index contributed by atoms with van der Waals surface area (Å²) in [6.07, 6.45) is 17.0. The van der Waals surface area contributed by atoms with Crippen LogP contribution in [0.2, 0.25) is 0 Å². The molecule has 0 bridgehead atoms. The molecule has 3 rings (SSSR count). The zero-order valence-corrected chi connectivity index (χ0v) is 28.5. The van der Waals surface area contributed by atoms with Crippen LogP contribution in [0.3, 0.4) is 0 Å². The van der Waals surface area contributed by atoms with Gasteiger partial charge in [-0.1, -0.05) is 87.8 Å². The van der Waals surface area contributed by atoms with Crippen molar-refractivity contribution in [1.29, 1.82) is 0 Å². The summed E-state index contributed by atoms with van der Waals surface area (Å²) in [5.74, 6) is 3.30. The normalized spacial score (nSPS) is 15.5. The van der Waals surface area contributed by atoms with Crippen LogP contribution < -0.4 is 10.6 Å². The highest BCUT2D eigenvalue weighted by molar-refractivity contribution is 5.88. The fourth-order valence-corrected chi connectivity index (χ4v) is 4.30. The Hall–Kier alpha value is -2.73. The first-order chi connectivity index (χ1) is 21.0. The lowest BCUT2D eigenvalue weighted by Crippen LogP contribution is -2.48. The second kappa shape index (κ2) is 26.7. The summed E-state index contributed by atoms with van der Waals surface area (Å²) in [7, 11) is 8.35. The van der Waals surface area contributed by atoms with Crippen molar-refractivity contribution in [3.8, 4) is 12.3 Å². The zero-order chi connectivity index (χ0) is 33.2. The van der Waals surface area contributed by atoms with E-state index < -0.39 is 24.0 Å². The second-order valence-electron chi connectivity index (χ2n) is 12.7. The van der Waals surface area contributed by atoms with Crippen LogP contribution in [0.1, 0.15) is 89.5 Å². The topological polar surface area (TPSA) is 102 Å². The van der Waals surface area contributed by atoms with E-state index >= 15 is 0 Å². The number of carbonyl (C=O) groups excluding carboxylic acids is 3. The van der Waals surface area contributed by atoms with E-state index in [9.17, 15) is 19.5 Å². The number of carbonyl (C=O) groups is 3. The van der Waals surface area contributed by atoms with Gasteiger partial charge in [0.1, 0.15) is 12.3 Å². The number of benzene rings is 1. The van der Waals surface area contributed by atoms with Gasteiger partial charge < -0.3 is 30.3 Å². The Bertz CT molecular complexity index is 898. The molecule has 0 spiro atoms. The van der Waals surface area contributed by atoms with Crippen molar-refractivity contribution in [3.63, 3.8) is 0 Å². The summed E-state index contributed by atoms with van der Waals surface area (Å²) in [6, 6.07) is 9.43. The minimum absolute atomic E-state index is 0.0296. The first-order valence-corrected chi connectivity index (χ1v) is 16.4. The van der Waals surface area contributed by atoms with Gasteiger partial charge >= 0.3 is 0 Å². The van der Waals surface area contributed by atoms with Gasteiger partial charge in [0.2, 0.25) is 11.8 Å². The number of nitrogens with zero attached hydrogens (tertiary/aromatic N) is 2. The van der Waals surface area contributed by atoms with Crippen molar-refractivity contribution in [2.24, 2.45) is 11.8 Å². The van der Waals surface area contributed by atoms with Gasteiger partial charge in [0.05, 0.1) is 6.10 Å². The highest BCUT2D eigenvalue weighted by Crippen LogP contribution is 2.33. The Balaban J connectivity index is 0.000000676. The Kier molecular flexibility index (Phi) is 25.0. The Morgan fingerprint density at radius 3 is 2.02 bits per heavy atom. The highest BCUT2D eigenvalue weighted by Gasteiger charge is 2.23. The maximum absolute atomic E-state index is 12.0. The SMILES string of the molecule is C#CC[C@H](NC(=O)CCC=O)C(=O)NC[C@@H](O)CCC1CC1.CC1CCCCC1.CN(C)CCN(C)C.Cc1ccccc1. The molecule has 0 heterocycles. The van der Waals surface area contributed by atoms with Crippen LogP contribution in [0.15, 0.2) is 30.3 Å². The fourth-order valence-electron chi connectivity index (χ4n) is 4.30. The van der Waals surface area contributed by atoms with Crippen molar-refractivity contribution >= 4 is 18.1 Å².